The number of likely N-dealkylation sites (tertiary alicyclic amines) is 1. The van der Waals surface area contributed by atoms with Gasteiger partial charge in [0.2, 0.25) is 5.91 Å². The van der Waals surface area contributed by atoms with Crippen LogP contribution in [0.1, 0.15) is 16.8 Å². The first kappa shape index (κ1) is 28.1. The average molecular weight is 615 g/mol. The van der Waals surface area contributed by atoms with Crippen LogP contribution < -0.4 is 10.1 Å². The number of benzene rings is 3. The highest BCUT2D eigenvalue weighted by Gasteiger charge is 2.41. The predicted molar refractivity (Wildman–Crippen MR) is 161 cm³/mol. The van der Waals surface area contributed by atoms with Crippen LogP contribution in [-0.4, -0.2) is 74.7 Å². The van der Waals surface area contributed by atoms with Crippen molar-refractivity contribution in [2.75, 3.05) is 26.3 Å². The fourth-order valence-electron chi connectivity index (χ4n) is 5.77. The maximum absolute atomic E-state index is 13.8. The summed E-state index contributed by atoms with van der Waals surface area (Å²) in [4.78, 5) is 28.7. The van der Waals surface area contributed by atoms with Gasteiger partial charge < -0.3 is 19.7 Å². The summed E-state index contributed by atoms with van der Waals surface area (Å²) < 4.78 is 29.0. The van der Waals surface area contributed by atoms with Crippen LogP contribution in [0, 0.1) is 5.82 Å². The van der Waals surface area contributed by atoms with Crippen molar-refractivity contribution in [2.24, 2.45) is 0 Å². The molecule has 6 bridgehead atoms. The number of fused-ring (bicyclic) bond motifs is 6. The van der Waals surface area contributed by atoms with E-state index in [2.05, 4.69) is 16.5 Å². The lowest BCUT2D eigenvalue weighted by molar-refractivity contribution is -0.125. The number of hydrogen-bond donors (Lipinski definition) is 1. The molecule has 7 rings (SSSR count). The number of nitrogens with zero attached hydrogens (tertiary/aromatic N) is 5. The molecule has 5 aromatic rings. The zero-order valence-electron chi connectivity index (χ0n) is 23.5. The largest absolute Gasteiger partial charge is 0.488 e. The van der Waals surface area contributed by atoms with Gasteiger partial charge in [0.1, 0.15) is 23.7 Å². The topological polar surface area (TPSA) is 104 Å². The van der Waals surface area contributed by atoms with Crippen molar-refractivity contribution in [2.45, 2.75) is 25.1 Å². The summed E-state index contributed by atoms with van der Waals surface area (Å²) in [5.41, 5.74) is 3.57. The molecule has 2 aromatic heterocycles. The maximum atomic E-state index is 13.8. The van der Waals surface area contributed by atoms with E-state index in [-0.39, 0.29) is 35.5 Å². The summed E-state index contributed by atoms with van der Waals surface area (Å²) >= 11 is 6.21. The maximum Gasteiger partial charge on any atom is 0.257 e. The van der Waals surface area contributed by atoms with E-state index < -0.39 is 18.0 Å². The standard InChI is InChI=1S/C32H28ClFN6O4/c33-27-14-22(34)7-8-29(27)40-17-21(16-36-40)32(42)39-18-24-15-30(39)31(41)35-9-11-43-12-10-38-19-26-25(5-2-6-28(26)37-38)20-3-1-4-23(13-20)44-24/h1-8,13-14,16-17,19,24,30H,9-12,15,18H2,(H,35,41)/t24-,30-/m0/s1. The Morgan fingerprint density at radius 3 is 2.84 bits per heavy atom. The van der Waals surface area contributed by atoms with Gasteiger partial charge in [-0.15, -0.1) is 0 Å². The molecule has 1 N–H and O–H groups in total. The van der Waals surface area contributed by atoms with Crippen LogP contribution in [0.25, 0.3) is 27.7 Å². The summed E-state index contributed by atoms with van der Waals surface area (Å²) in [6.45, 7) is 1.79. The summed E-state index contributed by atoms with van der Waals surface area (Å²) in [5, 5.41) is 13.0. The molecule has 4 heterocycles. The zero-order valence-corrected chi connectivity index (χ0v) is 24.3. The lowest BCUT2D eigenvalue weighted by Gasteiger charge is -2.23. The van der Waals surface area contributed by atoms with Gasteiger partial charge in [-0.25, -0.2) is 9.07 Å². The highest BCUT2D eigenvalue weighted by atomic mass is 35.5. The molecule has 44 heavy (non-hydrogen) atoms. The van der Waals surface area contributed by atoms with E-state index in [0.29, 0.717) is 37.6 Å². The van der Waals surface area contributed by atoms with Crippen molar-refractivity contribution in [1.82, 2.24) is 29.8 Å². The molecule has 1 saturated heterocycles. The summed E-state index contributed by atoms with van der Waals surface area (Å²) in [6, 6.07) is 17.0. The first-order chi connectivity index (χ1) is 21.4. The van der Waals surface area contributed by atoms with E-state index in [1.165, 1.54) is 40.2 Å². The molecule has 2 atom stereocenters. The molecular formula is C32H28ClFN6O4. The molecule has 2 aliphatic rings. The third kappa shape index (κ3) is 5.51. The van der Waals surface area contributed by atoms with Gasteiger partial charge in [-0.1, -0.05) is 35.9 Å². The molecule has 0 aliphatic carbocycles. The summed E-state index contributed by atoms with van der Waals surface area (Å²) in [6.07, 6.45) is 4.82. The fraction of sp³-hybridized carbons (Fsp3) is 0.250. The molecule has 0 spiro atoms. The van der Waals surface area contributed by atoms with Crippen molar-refractivity contribution in [3.63, 3.8) is 0 Å². The second-order valence-electron chi connectivity index (χ2n) is 10.8. The molecule has 224 valence electrons. The molecule has 3 aromatic carbocycles. The van der Waals surface area contributed by atoms with E-state index in [1.807, 2.05) is 47.3 Å². The van der Waals surface area contributed by atoms with Crippen LogP contribution in [-0.2, 0) is 16.1 Å². The molecular weight excluding hydrogens is 587 g/mol. The molecule has 2 amide bonds. The Bertz CT molecular complexity index is 1870. The monoisotopic (exact) mass is 614 g/mol. The van der Waals surface area contributed by atoms with Gasteiger partial charge in [0.25, 0.3) is 5.91 Å². The zero-order chi connectivity index (χ0) is 30.2. The quantitative estimate of drug-likeness (QED) is 0.314. The minimum Gasteiger partial charge on any atom is -0.488 e. The number of hydrogen-bond acceptors (Lipinski definition) is 6. The Kier molecular flexibility index (Phi) is 7.49. The normalized spacial score (nSPS) is 19.0. The van der Waals surface area contributed by atoms with Crippen LogP contribution in [0.15, 0.2) is 79.3 Å². The number of carbonyl (C=O) groups is 2. The minimum atomic E-state index is -0.762. The van der Waals surface area contributed by atoms with Gasteiger partial charge in [-0.05, 0) is 47.5 Å². The second-order valence-corrected chi connectivity index (χ2v) is 11.2. The van der Waals surface area contributed by atoms with Crippen molar-refractivity contribution in [3.8, 4) is 22.6 Å². The molecule has 2 aliphatic heterocycles. The van der Waals surface area contributed by atoms with Gasteiger partial charge in [0.05, 0.1) is 54.3 Å². The smallest absolute Gasteiger partial charge is 0.257 e. The van der Waals surface area contributed by atoms with Gasteiger partial charge >= 0.3 is 0 Å². The molecule has 0 unspecified atom stereocenters. The summed E-state index contributed by atoms with van der Waals surface area (Å²) in [5.74, 6) is -0.505. The van der Waals surface area contributed by atoms with E-state index >= 15 is 0 Å². The van der Waals surface area contributed by atoms with Crippen molar-refractivity contribution in [3.05, 3.63) is 95.7 Å². The first-order valence-corrected chi connectivity index (χ1v) is 14.7. The van der Waals surface area contributed by atoms with Crippen LogP contribution in [0.2, 0.25) is 5.02 Å². The van der Waals surface area contributed by atoms with Gasteiger partial charge in [0, 0.05) is 30.7 Å². The number of ether oxygens (including phenoxy) is 2. The van der Waals surface area contributed by atoms with Crippen molar-refractivity contribution in [1.29, 1.82) is 0 Å². The average Bonchev–Trinajstić information content (AvgIpc) is 3.77. The number of aromatic nitrogens is 4. The Labute approximate surface area is 256 Å². The van der Waals surface area contributed by atoms with Gasteiger partial charge in [0.15, 0.2) is 0 Å². The van der Waals surface area contributed by atoms with Crippen molar-refractivity contribution < 1.29 is 23.5 Å². The Hall–Kier alpha value is -4.74. The predicted octanol–water partition coefficient (Wildman–Crippen LogP) is 4.49. The van der Waals surface area contributed by atoms with Crippen LogP contribution in [0.3, 0.4) is 0 Å². The highest BCUT2D eigenvalue weighted by molar-refractivity contribution is 6.32. The highest BCUT2D eigenvalue weighted by Crippen LogP contribution is 2.32. The van der Waals surface area contributed by atoms with E-state index in [0.717, 1.165) is 22.0 Å². The SMILES string of the molecule is O=C1NCCOCCn2cc3c(cccc3n2)-c2cccc(c2)O[C@H]2C[C@@H]1N(C(=O)c1cnn(-c3ccc(F)cc3Cl)c1)C2. The number of rotatable bonds is 2. The van der Waals surface area contributed by atoms with Gasteiger partial charge in [-0.3, -0.25) is 14.3 Å². The molecule has 10 nitrogen and oxygen atoms in total. The first-order valence-electron chi connectivity index (χ1n) is 14.3. The molecule has 0 saturated carbocycles. The van der Waals surface area contributed by atoms with Gasteiger partial charge in [-0.2, -0.15) is 10.2 Å². The lowest BCUT2D eigenvalue weighted by Crippen LogP contribution is -2.46. The number of nitrogens with one attached hydrogen (secondary N) is 1. The van der Waals surface area contributed by atoms with Crippen LogP contribution >= 0.6 is 11.6 Å². The summed E-state index contributed by atoms with van der Waals surface area (Å²) in [7, 11) is 0. The Morgan fingerprint density at radius 2 is 1.95 bits per heavy atom. The van der Waals surface area contributed by atoms with E-state index in [4.69, 9.17) is 26.2 Å². The molecule has 12 heteroatoms. The van der Waals surface area contributed by atoms with E-state index in [9.17, 15) is 14.0 Å². The van der Waals surface area contributed by atoms with Crippen LogP contribution in [0.4, 0.5) is 4.39 Å². The minimum absolute atomic E-state index is 0.156. The number of amides is 2. The third-order valence-corrected chi connectivity index (χ3v) is 8.17. The fourth-order valence-corrected chi connectivity index (χ4v) is 6.02. The third-order valence-electron chi connectivity index (χ3n) is 7.87. The molecule has 0 radical (unpaired) electrons. The lowest BCUT2D eigenvalue weighted by atomic mass is 10.0. The number of carbonyl (C=O) groups excluding carboxylic acids is 2. The molecule has 1 fully saturated rings. The van der Waals surface area contributed by atoms with E-state index in [1.54, 1.807) is 0 Å². The van der Waals surface area contributed by atoms with Crippen LogP contribution in [0.5, 0.6) is 5.75 Å². The number of halogens is 2. The Morgan fingerprint density at radius 1 is 1.07 bits per heavy atom. The van der Waals surface area contributed by atoms with Crippen molar-refractivity contribution >= 4 is 34.3 Å². The second kappa shape index (κ2) is 11.7. The Balaban J connectivity index is 1.18.